The number of cyclic esters (lactones) is 2. The molecule has 4 aliphatic rings. The molecule has 0 saturated carbocycles. The lowest BCUT2D eigenvalue weighted by Crippen LogP contribution is -2.53. The Kier molecular flexibility index (Phi) is 5.90. The molecule has 0 aromatic heterocycles. The predicted octanol–water partition coefficient (Wildman–Crippen LogP) is 3.15. The molecular formula is C30H30O11. The maximum atomic E-state index is 13.5. The van der Waals surface area contributed by atoms with E-state index in [9.17, 15) is 34.5 Å². The standard InChI is InChI=1S/C30H30O11/c1-12-7-15(31)23-17(33)10-30(4,28-16(32)9-21(36)39-28)41-26(23)22(12)14-5-6-19-24(25(14)37)18(34)11-29(3,40-19)27-13(2)8-20(35)38-27/h5-7,13,16,27-28,31-32,37H,8-11H2,1-4H3/t13-,16-,27-,28-,29-,30+/m1/s1. The fraction of sp³-hybridized carbons (Fsp3) is 0.467. The van der Waals surface area contributed by atoms with E-state index in [2.05, 4.69) is 0 Å². The summed E-state index contributed by atoms with van der Waals surface area (Å²) < 4.78 is 23.3. The first-order valence-electron chi connectivity index (χ1n) is 13.5. The Morgan fingerprint density at radius 1 is 0.829 bits per heavy atom. The molecule has 3 N–H and O–H groups in total. The summed E-state index contributed by atoms with van der Waals surface area (Å²) in [5.41, 5.74) is -1.96. The van der Waals surface area contributed by atoms with Crippen LogP contribution in [0.1, 0.15) is 72.7 Å². The summed E-state index contributed by atoms with van der Waals surface area (Å²) in [5, 5.41) is 32.6. The number of aryl methyl sites for hydroxylation is 1. The Morgan fingerprint density at radius 2 is 1.44 bits per heavy atom. The van der Waals surface area contributed by atoms with Gasteiger partial charge in [-0.05, 0) is 44.5 Å². The summed E-state index contributed by atoms with van der Waals surface area (Å²) in [6.45, 7) is 6.72. The van der Waals surface area contributed by atoms with Crippen LogP contribution in [-0.4, -0.2) is 68.3 Å². The number of esters is 2. The van der Waals surface area contributed by atoms with Crippen molar-refractivity contribution < 1.29 is 53.4 Å². The molecule has 11 nitrogen and oxygen atoms in total. The number of hydrogen-bond acceptors (Lipinski definition) is 11. The molecule has 0 unspecified atom stereocenters. The minimum Gasteiger partial charge on any atom is -0.507 e. The van der Waals surface area contributed by atoms with Gasteiger partial charge in [0.15, 0.2) is 28.9 Å². The second-order valence-electron chi connectivity index (χ2n) is 11.9. The van der Waals surface area contributed by atoms with Crippen molar-refractivity contribution in [3.63, 3.8) is 0 Å². The number of phenolic OH excluding ortho intramolecular Hbond substituents is 2. The van der Waals surface area contributed by atoms with Crippen molar-refractivity contribution in [1.82, 2.24) is 0 Å². The van der Waals surface area contributed by atoms with Crippen molar-refractivity contribution in [2.45, 2.75) is 82.9 Å². The summed E-state index contributed by atoms with van der Waals surface area (Å²) >= 11 is 0. The number of phenols is 2. The van der Waals surface area contributed by atoms with Gasteiger partial charge in [-0.2, -0.15) is 0 Å². The fourth-order valence-corrected chi connectivity index (χ4v) is 6.77. The van der Waals surface area contributed by atoms with E-state index in [1.54, 1.807) is 13.8 Å². The molecule has 2 fully saturated rings. The molecule has 2 aromatic rings. The zero-order chi connectivity index (χ0) is 29.6. The van der Waals surface area contributed by atoms with Gasteiger partial charge in [-0.15, -0.1) is 0 Å². The molecule has 2 saturated heterocycles. The number of aliphatic hydroxyl groups excluding tert-OH is 1. The average molecular weight is 567 g/mol. The Balaban J connectivity index is 1.45. The van der Waals surface area contributed by atoms with Gasteiger partial charge in [-0.1, -0.05) is 6.92 Å². The van der Waals surface area contributed by atoms with E-state index in [0.29, 0.717) is 5.56 Å². The monoisotopic (exact) mass is 566 g/mol. The van der Waals surface area contributed by atoms with Gasteiger partial charge in [0.1, 0.15) is 46.3 Å². The minimum atomic E-state index is -1.47. The van der Waals surface area contributed by atoms with E-state index in [0.717, 1.165) is 0 Å². The van der Waals surface area contributed by atoms with Crippen LogP contribution in [0.4, 0.5) is 0 Å². The summed E-state index contributed by atoms with van der Waals surface area (Å²) in [7, 11) is 0. The molecular weight excluding hydrogens is 536 g/mol. The number of aliphatic hydroxyl groups is 1. The second kappa shape index (κ2) is 8.94. The smallest absolute Gasteiger partial charge is 0.309 e. The van der Waals surface area contributed by atoms with E-state index >= 15 is 0 Å². The fourth-order valence-electron chi connectivity index (χ4n) is 6.77. The molecule has 6 rings (SSSR count). The van der Waals surface area contributed by atoms with Crippen molar-refractivity contribution in [3.8, 4) is 34.1 Å². The van der Waals surface area contributed by atoms with E-state index < -0.39 is 52.8 Å². The van der Waals surface area contributed by atoms with Crippen LogP contribution >= 0.6 is 0 Å². The molecule has 0 amide bonds. The molecule has 41 heavy (non-hydrogen) atoms. The van der Waals surface area contributed by atoms with Crippen molar-refractivity contribution in [2.75, 3.05) is 0 Å². The lowest BCUT2D eigenvalue weighted by Gasteiger charge is -2.41. The van der Waals surface area contributed by atoms with Gasteiger partial charge >= 0.3 is 11.9 Å². The molecule has 0 aliphatic carbocycles. The second-order valence-corrected chi connectivity index (χ2v) is 11.9. The van der Waals surface area contributed by atoms with E-state index in [4.69, 9.17) is 18.9 Å². The van der Waals surface area contributed by atoms with Crippen LogP contribution in [0.2, 0.25) is 0 Å². The van der Waals surface area contributed by atoms with Gasteiger partial charge in [0.2, 0.25) is 0 Å². The topological polar surface area (TPSA) is 166 Å². The van der Waals surface area contributed by atoms with E-state index in [-0.39, 0.29) is 77.1 Å². The quantitative estimate of drug-likeness (QED) is 0.467. The third-order valence-corrected chi connectivity index (χ3v) is 8.58. The van der Waals surface area contributed by atoms with Crippen LogP contribution in [0.15, 0.2) is 18.2 Å². The molecule has 0 bridgehead atoms. The number of rotatable bonds is 3. The maximum absolute atomic E-state index is 13.5. The van der Waals surface area contributed by atoms with Crippen molar-refractivity contribution in [3.05, 3.63) is 34.9 Å². The molecule has 11 heteroatoms. The van der Waals surface area contributed by atoms with Gasteiger partial charge < -0.3 is 34.3 Å². The summed E-state index contributed by atoms with van der Waals surface area (Å²) in [6, 6.07) is 4.40. The third kappa shape index (κ3) is 4.05. The number of benzene rings is 2. The van der Waals surface area contributed by atoms with Gasteiger partial charge in [-0.3, -0.25) is 19.2 Å². The van der Waals surface area contributed by atoms with Crippen molar-refractivity contribution >= 4 is 23.5 Å². The lowest BCUT2D eigenvalue weighted by molar-refractivity contribution is -0.152. The largest absolute Gasteiger partial charge is 0.507 e. The Hall–Kier alpha value is -4.12. The maximum Gasteiger partial charge on any atom is 0.309 e. The van der Waals surface area contributed by atoms with Crippen LogP contribution in [0.25, 0.3) is 11.1 Å². The molecule has 216 valence electrons. The lowest BCUT2D eigenvalue weighted by atomic mass is 9.80. The molecule has 0 radical (unpaired) electrons. The van der Waals surface area contributed by atoms with E-state index in [1.165, 1.54) is 25.1 Å². The van der Waals surface area contributed by atoms with Gasteiger partial charge in [0.25, 0.3) is 0 Å². The van der Waals surface area contributed by atoms with Crippen LogP contribution < -0.4 is 9.47 Å². The number of aromatic hydroxyl groups is 2. The predicted molar refractivity (Wildman–Crippen MR) is 140 cm³/mol. The highest BCUT2D eigenvalue weighted by molar-refractivity contribution is 6.08. The molecule has 4 heterocycles. The van der Waals surface area contributed by atoms with E-state index in [1.807, 2.05) is 6.92 Å². The van der Waals surface area contributed by atoms with Crippen LogP contribution in [-0.2, 0) is 19.1 Å². The number of Topliss-reactive ketones (excluding diaryl/α,β-unsaturated/α-hetero) is 2. The first kappa shape index (κ1) is 27.1. The van der Waals surface area contributed by atoms with Crippen molar-refractivity contribution in [1.29, 1.82) is 0 Å². The highest BCUT2D eigenvalue weighted by Crippen LogP contribution is 2.53. The zero-order valence-electron chi connectivity index (χ0n) is 23.0. The van der Waals surface area contributed by atoms with Crippen LogP contribution in [0, 0.1) is 12.8 Å². The average Bonchev–Trinajstić information content (AvgIpc) is 3.39. The molecule has 6 atom stereocenters. The molecule has 2 aromatic carbocycles. The molecule has 0 spiro atoms. The highest BCUT2D eigenvalue weighted by Gasteiger charge is 2.54. The van der Waals surface area contributed by atoms with Gasteiger partial charge in [0.05, 0.1) is 25.7 Å². The molecule has 4 aliphatic heterocycles. The third-order valence-electron chi connectivity index (χ3n) is 8.58. The number of carbonyl (C=O) groups excluding carboxylic acids is 4. The number of ketones is 2. The summed E-state index contributed by atoms with van der Waals surface area (Å²) in [4.78, 5) is 50.6. The van der Waals surface area contributed by atoms with Crippen LogP contribution in [0.5, 0.6) is 23.0 Å². The minimum absolute atomic E-state index is 0.0626. The first-order chi connectivity index (χ1) is 19.2. The van der Waals surface area contributed by atoms with Crippen LogP contribution in [0.3, 0.4) is 0 Å². The number of hydrogen-bond donors (Lipinski definition) is 3. The SMILES string of the molecule is Cc1cc(O)c2c(c1-c1ccc3c(c1O)C(=O)C[C@](C)([C@@H]1OC(=O)C[C@H]1C)O3)O[C@](C)([C@@H]1OC(=O)C[C@H]1O)CC2=O. The number of carbonyl (C=O) groups is 4. The Bertz CT molecular complexity index is 1540. The van der Waals surface area contributed by atoms with Gasteiger partial charge in [0, 0.05) is 17.0 Å². The summed E-state index contributed by atoms with van der Waals surface area (Å²) in [6.07, 6.45) is -3.44. The Morgan fingerprint density at radius 3 is 2.05 bits per heavy atom. The first-order valence-corrected chi connectivity index (χ1v) is 13.5. The Labute approximate surface area is 235 Å². The number of ether oxygens (including phenoxy) is 4. The van der Waals surface area contributed by atoms with Crippen molar-refractivity contribution in [2.24, 2.45) is 5.92 Å². The number of fused-ring (bicyclic) bond motifs is 2. The highest BCUT2D eigenvalue weighted by atomic mass is 16.6. The summed E-state index contributed by atoms with van der Waals surface area (Å²) in [5.74, 6) is -2.76. The zero-order valence-corrected chi connectivity index (χ0v) is 23.0. The normalized spacial score (nSPS) is 32.5. The van der Waals surface area contributed by atoms with Gasteiger partial charge in [-0.25, -0.2) is 0 Å².